The van der Waals surface area contributed by atoms with Crippen LogP contribution in [0.5, 0.6) is 0 Å². The number of benzene rings is 1. The van der Waals surface area contributed by atoms with Crippen molar-refractivity contribution < 1.29 is 26.9 Å². The summed E-state index contributed by atoms with van der Waals surface area (Å²) >= 11 is 0. The molecule has 0 fully saturated rings. The van der Waals surface area contributed by atoms with Crippen molar-refractivity contribution in [2.24, 2.45) is 0 Å². The molecule has 0 heterocycles. The van der Waals surface area contributed by atoms with Crippen molar-refractivity contribution in [1.82, 2.24) is 4.48 Å². The third kappa shape index (κ3) is 4.13. The number of carboxylic acid groups (broad SMARTS) is 1. The maximum absolute atomic E-state index is 10.7. The first-order chi connectivity index (χ1) is 7.64. The van der Waals surface area contributed by atoms with Crippen LogP contribution in [0.3, 0.4) is 0 Å². The number of carboxylic acids is 1. The summed E-state index contributed by atoms with van der Waals surface area (Å²) in [6.45, 7) is 6.73. The maximum atomic E-state index is 10.7. The summed E-state index contributed by atoms with van der Waals surface area (Å²) in [5.41, 5.74) is 1.20. The number of halogens is 1. The van der Waals surface area contributed by atoms with Gasteiger partial charge in [-0.2, -0.15) is 0 Å². The molecule has 0 atom stereocenters. The Hall–Kier alpha value is -0.870. The predicted molar refractivity (Wildman–Crippen MR) is 66.4 cm³/mol. The van der Waals surface area contributed by atoms with Crippen molar-refractivity contribution in [3.63, 3.8) is 0 Å². The number of para-hydroxylation sites is 1. The van der Waals surface area contributed by atoms with Gasteiger partial charge in [-0.1, -0.05) is 18.2 Å². The number of rotatable bonds is 6. The first-order valence-corrected chi connectivity index (χ1v) is 5.78. The van der Waals surface area contributed by atoms with E-state index in [4.69, 9.17) is 5.11 Å². The van der Waals surface area contributed by atoms with E-state index in [2.05, 4.69) is 26.0 Å². The average molecular weight is 302 g/mol. The highest BCUT2D eigenvalue weighted by Gasteiger charge is 2.26. The van der Waals surface area contributed by atoms with Crippen LogP contribution in [-0.2, 0) is 4.79 Å². The molecule has 96 valence electrons. The Morgan fingerprint density at radius 2 is 1.71 bits per heavy atom. The van der Waals surface area contributed by atoms with Crippen LogP contribution in [0.1, 0.15) is 20.3 Å². The van der Waals surface area contributed by atoms with Crippen molar-refractivity contribution in [3.05, 3.63) is 30.3 Å². The molecule has 1 rings (SSSR count). The largest absolute Gasteiger partial charge is 1.00 e. The lowest BCUT2D eigenvalue weighted by Gasteiger charge is -2.36. The molecule has 0 saturated carbocycles. The van der Waals surface area contributed by atoms with E-state index in [1.54, 1.807) is 0 Å². The lowest BCUT2D eigenvalue weighted by Crippen LogP contribution is -3.00. The molecule has 0 aliphatic carbocycles. The Balaban J connectivity index is 0.00000256. The highest BCUT2D eigenvalue weighted by Crippen LogP contribution is 2.22. The van der Waals surface area contributed by atoms with Crippen LogP contribution < -0.4 is 21.5 Å². The van der Waals surface area contributed by atoms with E-state index in [0.717, 1.165) is 17.6 Å². The van der Waals surface area contributed by atoms with E-state index in [9.17, 15) is 4.79 Å². The average Bonchev–Trinajstić information content (AvgIpc) is 2.32. The van der Waals surface area contributed by atoms with Gasteiger partial charge in [0.25, 0.3) is 0 Å². The molecule has 0 unspecified atom stereocenters. The Morgan fingerprint density at radius 3 is 2.12 bits per heavy atom. The van der Waals surface area contributed by atoms with Crippen molar-refractivity contribution in [1.29, 1.82) is 0 Å². The van der Waals surface area contributed by atoms with Gasteiger partial charge in [0.1, 0.15) is 5.69 Å². The van der Waals surface area contributed by atoms with Crippen LogP contribution in [0, 0.1) is 0 Å². The summed E-state index contributed by atoms with van der Waals surface area (Å²) in [5, 5.41) is 8.80. The van der Waals surface area contributed by atoms with Crippen LogP contribution in [0.4, 0.5) is 5.69 Å². The van der Waals surface area contributed by atoms with Crippen LogP contribution in [-0.4, -0.2) is 30.7 Å². The Morgan fingerprint density at radius 1 is 1.18 bits per heavy atom. The Bertz CT molecular complexity index is 337. The van der Waals surface area contributed by atoms with Crippen molar-refractivity contribution in [3.8, 4) is 0 Å². The first-order valence-electron chi connectivity index (χ1n) is 5.78. The van der Waals surface area contributed by atoms with Gasteiger partial charge in [0.05, 0.1) is 26.1 Å². The zero-order valence-electron chi connectivity index (χ0n) is 10.4. The van der Waals surface area contributed by atoms with Crippen LogP contribution in [0.2, 0.25) is 0 Å². The number of carbonyl (C=O) groups is 1. The molecular formula is C13H20BrNO2. The van der Waals surface area contributed by atoms with Gasteiger partial charge in [0, 0.05) is 0 Å². The molecule has 0 aliphatic heterocycles. The van der Waals surface area contributed by atoms with Crippen LogP contribution in [0.15, 0.2) is 30.3 Å². The minimum atomic E-state index is -0.722. The maximum Gasteiger partial charge on any atom is 0.309 e. The standard InChI is InChI=1S/C13H19NO2.BrH/c1-3-14(4-2,11-10-13(15)16)12-8-6-5-7-9-12;/h5-9H,3-4,10-11H2,1-2H3;1H. The van der Waals surface area contributed by atoms with Gasteiger partial charge in [0.2, 0.25) is 0 Å². The topological polar surface area (TPSA) is 37.3 Å². The smallest absolute Gasteiger partial charge is 0.309 e. The third-order valence-corrected chi connectivity index (χ3v) is 3.27. The molecule has 0 saturated heterocycles. The second-order valence-corrected chi connectivity index (χ2v) is 3.98. The molecule has 1 aromatic rings. The monoisotopic (exact) mass is 301 g/mol. The molecule has 0 aromatic heterocycles. The fourth-order valence-electron chi connectivity index (χ4n) is 2.09. The highest BCUT2D eigenvalue weighted by molar-refractivity contribution is 5.67. The zero-order chi connectivity index (χ0) is 12.0. The van der Waals surface area contributed by atoms with Crippen molar-refractivity contribution in [2.75, 3.05) is 19.6 Å². The summed E-state index contributed by atoms with van der Waals surface area (Å²) in [5.74, 6) is -0.722. The van der Waals surface area contributed by atoms with E-state index in [0.29, 0.717) is 6.54 Å². The number of hydrogen-bond donors (Lipinski definition) is 1. The Labute approximate surface area is 113 Å². The van der Waals surface area contributed by atoms with Gasteiger partial charge in [-0.15, -0.1) is 0 Å². The number of aliphatic carboxylic acids is 1. The highest BCUT2D eigenvalue weighted by atomic mass is 79.9. The molecule has 1 aromatic carbocycles. The van der Waals surface area contributed by atoms with E-state index >= 15 is 0 Å². The van der Waals surface area contributed by atoms with E-state index in [-0.39, 0.29) is 23.4 Å². The summed E-state index contributed by atoms with van der Waals surface area (Å²) in [6, 6.07) is 10.2. The molecule has 0 amide bonds. The third-order valence-electron chi connectivity index (χ3n) is 3.27. The minimum absolute atomic E-state index is 0. The molecule has 0 bridgehead atoms. The van der Waals surface area contributed by atoms with Gasteiger partial charge >= 0.3 is 5.97 Å². The van der Waals surface area contributed by atoms with Gasteiger partial charge in [-0.3, -0.25) is 9.28 Å². The molecule has 1 N–H and O–H groups in total. The molecule has 0 radical (unpaired) electrons. The van der Waals surface area contributed by atoms with Gasteiger partial charge in [-0.25, -0.2) is 0 Å². The summed E-state index contributed by atoms with van der Waals surface area (Å²) in [6.07, 6.45) is 0.219. The van der Waals surface area contributed by atoms with Gasteiger partial charge in [0.15, 0.2) is 0 Å². The number of hydrogen-bond acceptors (Lipinski definition) is 1. The minimum Gasteiger partial charge on any atom is -1.00 e. The van der Waals surface area contributed by atoms with Crippen molar-refractivity contribution >= 4 is 11.7 Å². The van der Waals surface area contributed by atoms with Gasteiger partial charge in [-0.05, 0) is 26.0 Å². The molecule has 0 aliphatic rings. The van der Waals surface area contributed by atoms with E-state index in [1.807, 2.05) is 18.2 Å². The first kappa shape index (κ1) is 16.1. The van der Waals surface area contributed by atoms with Crippen molar-refractivity contribution in [2.45, 2.75) is 20.3 Å². The fraction of sp³-hybridized carbons (Fsp3) is 0.462. The number of nitrogens with zero attached hydrogens (tertiary/aromatic N) is 1. The normalized spacial score (nSPS) is 10.7. The van der Waals surface area contributed by atoms with E-state index in [1.165, 1.54) is 5.69 Å². The summed E-state index contributed by atoms with van der Waals surface area (Å²) in [4.78, 5) is 10.7. The molecule has 0 spiro atoms. The zero-order valence-corrected chi connectivity index (χ0v) is 12.0. The lowest BCUT2D eigenvalue weighted by atomic mass is 10.2. The molecule has 3 nitrogen and oxygen atoms in total. The molecule has 4 heteroatoms. The van der Waals surface area contributed by atoms with Crippen LogP contribution in [0.25, 0.3) is 0 Å². The summed E-state index contributed by atoms with van der Waals surface area (Å²) < 4.78 is 0.743. The van der Waals surface area contributed by atoms with Gasteiger partial charge < -0.3 is 22.1 Å². The second kappa shape index (κ2) is 7.45. The fourth-order valence-corrected chi connectivity index (χ4v) is 2.09. The quantitative estimate of drug-likeness (QED) is 0.720. The predicted octanol–water partition coefficient (Wildman–Crippen LogP) is -0.488. The molecular weight excluding hydrogens is 282 g/mol. The lowest BCUT2D eigenvalue weighted by molar-refractivity contribution is -0.137. The number of quaternary nitrogens is 1. The molecule has 17 heavy (non-hydrogen) atoms. The summed E-state index contributed by atoms with van der Waals surface area (Å²) in [7, 11) is 0. The second-order valence-electron chi connectivity index (χ2n) is 3.98. The Kier molecular flexibility index (Phi) is 7.07. The van der Waals surface area contributed by atoms with E-state index < -0.39 is 5.97 Å². The van der Waals surface area contributed by atoms with Crippen LogP contribution >= 0.6 is 0 Å². The SMILES string of the molecule is CC[N+](CC)(CCC(=O)O)c1ccccc1.[Br-].